The normalized spacial score (nSPS) is 20.8. The molecule has 2 aromatic carbocycles. The maximum absolute atomic E-state index is 13.4. The van der Waals surface area contributed by atoms with E-state index in [2.05, 4.69) is 5.32 Å². The van der Waals surface area contributed by atoms with Crippen molar-refractivity contribution >= 4 is 17.8 Å². The van der Waals surface area contributed by atoms with Crippen LogP contribution >= 0.6 is 0 Å². The van der Waals surface area contributed by atoms with Crippen LogP contribution in [-0.2, 0) is 32.1 Å². The van der Waals surface area contributed by atoms with Crippen LogP contribution in [0.15, 0.2) is 72.8 Å². The Labute approximate surface area is 232 Å². The molecule has 3 rings (SSSR count). The van der Waals surface area contributed by atoms with Gasteiger partial charge in [-0.25, -0.2) is 0 Å². The molecule has 1 aliphatic rings. The number of carbonyl (C=O) groups is 3. The zero-order chi connectivity index (χ0) is 28.0. The van der Waals surface area contributed by atoms with Crippen LogP contribution in [0.4, 0.5) is 0 Å². The summed E-state index contributed by atoms with van der Waals surface area (Å²) in [6, 6.07) is 19.2. The summed E-state index contributed by atoms with van der Waals surface area (Å²) in [7, 11) is 0. The number of amides is 2. The number of ether oxygens (including phenoxy) is 1. The number of aliphatic hydroxyl groups excluding tert-OH is 1. The Morgan fingerprint density at radius 1 is 1.00 bits per heavy atom. The molecule has 0 saturated carbocycles. The number of cyclic esters (lactones) is 1. The first-order chi connectivity index (χ1) is 18.9. The molecule has 2 amide bonds. The Morgan fingerprint density at radius 2 is 1.67 bits per heavy atom. The molecule has 0 aromatic heterocycles. The van der Waals surface area contributed by atoms with E-state index in [0.29, 0.717) is 32.2 Å². The fraction of sp³-hybridized carbons (Fsp3) is 0.469. The first-order valence-corrected chi connectivity index (χ1v) is 14.0. The number of aliphatic hydroxyl groups is 1. The third-order valence-corrected chi connectivity index (χ3v) is 7.20. The van der Waals surface area contributed by atoms with E-state index in [1.807, 2.05) is 86.7 Å². The van der Waals surface area contributed by atoms with E-state index < -0.39 is 5.92 Å². The molecule has 0 bridgehead atoms. The molecule has 7 heteroatoms. The van der Waals surface area contributed by atoms with Crippen molar-refractivity contribution in [3.05, 3.63) is 83.9 Å². The Morgan fingerprint density at radius 3 is 2.31 bits per heavy atom. The Bertz CT molecular complexity index is 1070. The number of hydrogen-bond donors (Lipinski definition) is 2. The van der Waals surface area contributed by atoms with Gasteiger partial charge in [-0.2, -0.15) is 0 Å². The Balaban J connectivity index is 1.73. The molecule has 0 radical (unpaired) electrons. The zero-order valence-corrected chi connectivity index (χ0v) is 23.1. The molecule has 3 unspecified atom stereocenters. The topological polar surface area (TPSA) is 95.9 Å². The highest BCUT2D eigenvalue weighted by atomic mass is 16.5. The molecule has 1 heterocycles. The van der Waals surface area contributed by atoms with E-state index in [4.69, 9.17) is 4.74 Å². The van der Waals surface area contributed by atoms with Gasteiger partial charge in [-0.15, -0.1) is 0 Å². The molecule has 1 aliphatic heterocycles. The molecule has 0 fully saturated rings. The summed E-state index contributed by atoms with van der Waals surface area (Å²) in [6.07, 6.45) is 6.30. The van der Waals surface area contributed by atoms with Crippen LogP contribution in [0, 0.1) is 17.8 Å². The smallest absolute Gasteiger partial charge is 0.309 e. The second-order valence-corrected chi connectivity index (χ2v) is 10.6. The van der Waals surface area contributed by atoms with Crippen LogP contribution in [-0.4, -0.2) is 53.6 Å². The molecule has 0 aliphatic carbocycles. The molecule has 39 heavy (non-hydrogen) atoms. The molecule has 210 valence electrons. The SMILES string of the molecule is CC(C)C1COC(=O)C(Cc2ccccc2)CCC=CCC(CC(=O)N(CCO)Cc2ccccc2)C(=O)N1. The van der Waals surface area contributed by atoms with Crippen molar-refractivity contribution in [2.45, 2.75) is 58.5 Å². The molecule has 7 nitrogen and oxygen atoms in total. The van der Waals surface area contributed by atoms with E-state index in [1.54, 1.807) is 4.90 Å². The summed E-state index contributed by atoms with van der Waals surface area (Å²) < 4.78 is 5.73. The summed E-state index contributed by atoms with van der Waals surface area (Å²) in [5.41, 5.74) is 2.05. The maximum Gasteiger partial charge on any atom is 0.309 e. The highest BCUT2D eigenvalue weighted by molar-refractivity contribution is 5.86. The standard InChI is InChI=1S/C32H42N2O5/c1-24(2)29-23-39-32(38)28(20-25-12-6-3-7-13-25)17-11-5-10-16-27(31(37)33-29)21-30(36)34(18-19-35)22-26-14-8-4-9-15-26/h3-10,12-15,24,27-29,35H,11,16-23H2,1-2H3,(H,33,37). The molecule has 0 spiro atoms. The lowest BCUT2D eigenvalue weighted by Gasteiger charge is -2.27. The Kier molecular flexibility index (Phi) is 12.2. The highest BCUT2D eigenvalue weighted by Gasteiger charge is 2.29. The van der Waals surface area contributed by atoms with E-state index in [9.17, 15) is 19.5 Å². The van der Waals surface area contributed by atoms with Crippen molar-refractivity contribution in [1.29, 1.82) is 0 Å². The first kappa shape index (κ1) is 30.1. The van der Waals surface area contributed by atoms with Gasteiger partial charge in [0.05, 0.1) is 24.5 Å². The number of hydrogen-bond acceptors (Lipinski definition) is 5. The summed E-state index contributed by atoms with van der Waals surface area (Å²) in [5.74, 6) is -1.46. The van der Waals surface area contributed by atoms with Gasteiger partial charge >= 0.3 is 5.97 Å². The van der Waals surface area contributed by atoms with Crippen LogP contribution in [0.3, 0.4) is 0 Å². The molecular weight excluding hydrogens is 492 g/mol. The van der Waals surface area contributed by atoms with Gasteiger partial charge in [0, 0.05) is 19.5 Å². The average molecular weight is 535 g/mol. The number of allylic oxidation sites excluding steroid dienone is 2. The minimum Gasteiger partial charge on any atom is -0.463 e. The van der Waals surface area contributed by atoms with Gasteiger partial charge in [-0.1, -0.05) is 86.7 Å². The number of carbonyl (C=O) groups excluding carboxylic acids is 3. The van der Waals surface area contributed by atoms with E-state index in [0.717, 1.165) is 11.1 Å². The van der Waals surface area contributed by atoms with E-state index in [1.165, 1.54) is 0 Å². The van der Waals surface area contributed by atoms with E-state index in [-0.39, 0.29) is 61.8 Å². The molecule has 2 aromatic rings. The quantitative estimate of drug-likeness (QED) is 0.370. The summed E-state index contributed by atoms with van der Waals surface area (Å²) in [6.45, 7) is 4.46. The van der Waals surface area contributed by atoms with Crippen LogP contribution in [0.5, 0.6) is 0 Å². The van der Waals surface area contributed by atoms with Gasteiger partial charge in [-0.3, -0.25) is 14.4 Å². The van der Waals surface area contributed by atoms with Gasteiger partial charge < -0.3 is 20.1 Å². The van der Waals surface area contributed by atoms with Crippen molar-refractivity contribution in [3.8, 4) is 0 Å². The molecular formula is C32H42N2O5. The molecule has 0 saturated heterocycles. The number of esters is 1. The van der Waals surface area contributed by atoms with Crippen molar-refractivity contribution in [1.82, 2.24) is 10.2 Å². The van der Waals surface area contributed by atoms with Crippen molar-refractivity contribution in [3.63, 3.8) is 0 Å². The molecule has 2 N–H and O–H groups in total. The zero-order valence-electron chi connectivity index (χ0n) is 23.1. The van der Waals surface area contributed by atoms with Crippen LogP contribution in [0.2, 0.25) is 0 Å². The largest absolute Gasteiger partial charge is 0.463 e. The third kappa shape index (κ3) is 9.98. The predicted molar refractivity (Wildman–Crippen MR) is 151 cm³/mol. The van der Waals surface area contributed by atoms with Crippen molar-refractivity contribution in [2.24, 2.45) is 17.8 Å². The second kappa shape index (κ2) is 15.8. The van der Waals surface area contributed by atoms with Crippen molar-refractivity contribution in [2.75, 3.05) is 19.8 Å². The Hall–Kier alpha value is -3.45. The number of benzene rings is 2. The van der Waals surface area contributed by atoms with Gasteiger partial charge in [-0.05, 0) is 42.7 Å². The highest BCUT2D eigenvalue weighted by Crippen LogP contribution is 2.20. The summed E-state index contributed by atoms with van der Waals surface area (Å²) >= 11 is 0. The van der Waals surface area contributed by atoms with E-state index >= 15 is 0 Å². The fourth-order valence-corrected chi connectivity index (χ4v) is 4.71. The lowest BCUT2D eigenvalue weighted by Crippen LogP contribution is -2.46. The van der Waals surface area contributed by atoms with Crippen molar-refractivity contribution < 1.29 is 24.2 Å². The molecule has 3 atom stereocenters. The first-order valence-electron chi connectivity index (χ1n) is 14.0. The van der Waals surface area contributed by atoms with Crippen LogP contribution in [0.1, 0.15) is 50.7 Å². The fourth-order valence-electron chi connectivity index (χ4n) is 4.71. The number of nitrogens with zero attached hydrogens (tertiary/aromatic N) is 1. The number of rotatable bonds is 9. The summed E-state index contributed by atoms with van der Waals surface area (Å²) in [5, 5.41) is 12.6. The predicted octanol–water partition coefficient (Wildman–Crippen LogP) is 4.30. The van der Waals surface area contributed by atoms with Gasteiger partial charge in [0.15, 0.2) is 0 Å². The van der Waals surface area contributed by atoms with Gasteiger partial charge in [0.1, 0.15) is 6.61 Å². The maximum atomic E-state index is 13.4. The lowest BCUT2D eigenvalue weighted by atomic mass is 9.94. The van der Waals surface area contributed by atoms with Crippen LogP contribution < -0.4 is 5.32 Å². The third-order valence-electron chi connectivity index (χ3n) is 7.20. The van der Waals surface area contributed by atoms with Gasteiger partial charge in [0.25, 0.3) is 0 Å². The monoisotopic (exact) mass is 534 g/mol. The lowest BCUT2D eigenvalue weighted by molar-refractivity contribution is -0.150. The minimum atomic E-state index is -0.566. The summed E-state index contributed by atoms with van der Waals surface area (Å²) in [4.78, 5) is 41.3. The number of nitrogens with one attached hydrogen (secondary N) is 1. The van der Waals surface area contributed by atoms with Crippen LogP contribution in [0.25, 0.3) is 0 Å². The second-order valence-electron chi connectivity index (χ2n) is 10.6. The minimum absolute atomic E-state index is 0.0320. The average Bonchev–Trinajstić information content (AvgIpc) is 2.94. The van der Waals surface area contributed by atoms with Gasteiger partial charge in [0.2, 0.25) is 11.8 Å².